The molecule has 0 aliphatic rings. The first-order chi connectivity index (χ1) is 16.0. The van der Waals surface area contributed by atoms with Crippen molar-refractivity contribution in [3.63, 3.8) is 0 Å². The minimum atomic E-state index is -0.347. The van der Waals surface area contributed by atoms with E-state index in [9.17, 15) is 9.59 Å². The second-order valence-electron chi connectivity index (χ2n) is 8.71. The van der Waals surface area contributed by atoms with Gasteiger partial charge in [0.2, 0.25) is 0 Å². The molecule has 0 amide bonds. The molecule has 7 nitrogen and oxygen atoms in total. The fourth-order valence-electron chi connectivity index (χ4n) is 4.35. The molecule has 0 N–H and O–H groups in total. The Morgan fingerprint density at radius 3 is 2.42 bits per heavy atom. The van der Waals surface area contributed by atoms with Gasteiger partial charge in [0.15, 0.2) is 5.65 Å². The zero-order chi connectivity index (χ0) is 23.1. The fraction of sp³-hybridized carbons (Fsp3) is 0.231. The summed E-state index contributed by atoms with van der Waals surface area (Å²) in [7, 11) is 1.53. The quantitative estimate of drug-likeness (QED) is 0.417. The lowest BCUT2D eigenvalue weighted by molar-refractivity contribution is 0.498. The third-order valence-electron chi connectivity index (χ3n) is 5.88. The Morgan fingerprint density at radius 1 is 0.939 bits per heavy atom. The maximum Gasteiger partial charge on any atom is 0.332 e. The molecule has 3 heterocycles. The lowest BCUT2D eigenvalue weighted by atomic mass is 10.1. The van der Waals surface area contributed by atoms with Gasteiger partial charge in [-0.3, -0.25) is 23.6 Å². The van der Waals surface area contributed by atoms with Gasteiger partial charge in [0.05, 0.1) is 17.8 Å². The highest BCUT2D eigenvalue weighted by molar-refractivity contribution is 5.91. The van der Waals surface area contributed by atoms with Crippen molar-refractivity contribution in [2.24, 2.45) is 13.0 Å². The molecule has 0 atom stereocenters. The number of hydrogen-bond donors (Lipinski definition) is 0. The predicted octanol–water partition coefficient (Wildman–Crippen LogP) is 3.82. The Balaban J connectivity index is 1.84. The molecule has 0 saturated heterocycles. The van der Waals surface area contributed by atoms with Gasteiger partial charge in [0.1, 0.15) is 5.39 Å². The number of pyridine rings is 1. The molecule has 0 bridgehead atoms. The predicted molar refractivity (Wildman–Crippen MR) is 130 cm³/mol. The molecular weight excluding hydrogens is 414 g/mol. The second-order valence-corrected chi connectivity index (χ2v) is 8.71. The van der Waals surface area contributed by atoms with Crippen molar-refractivity contribution in [2.45, 2.75) is 26.9 Å². The van der Waals surface area contributed by atoms with Crippen molar-refractivity contribution < 1.29 is 0 Å². The van der Waals surface area contributed by atoms with E-state index >= 15 is 0 Å². The zero-order valence-electron chi connectivity index (χ0n) is 18.9. The monoisotopic (exact) mass is 439 g/mol. The van der Waals surface area contributed by atoms with Crippen LogP contribution in [0, 0.1) is 5.92 Å². The van der Waals surface area contributed by atoms with E-state index in [0.717, 1.165) is 22.0 Å². The average molecular weight is 440 g/mol. The number of aromatic nitrogens is 5. The number of para-hydroxylation sites is 1. The molecule has 0 fully saturated rings. The standard InChI is InChI=1S/C26H25N5O2/c1-17(2)15-30-24-22(25(32)29(3)26(30)33)23(18-9-5-4-6-10-18)31(28-24)16-19-13-14-27-21-12-8-7-11-20(19)21/h4-14,17H,15-16H2,1-3H3. The van der Waals surface area contributed by atoms with Crippen LogP contribution in [0.4, 0.5) is 0 Å². The van der Waals surface area contributed by atoms with Crippen LogP contribution >= 0.6 is 0 Å². The molecule has 0 unspecified atom stereocenters. The SMILES string of the molecule is CC(C)Cn1c(=O)n(C)c(=O)c2c(-c3ccccc3)n(Cc3ccnc4ccccc34)nc21. The largest absolute Gasteiger partial charge is 0.332 e. The van der Waals surface area contributed by atoms with Gasteiger partial charge in [-0.25, -0.2) is 4.79 Å². The van der Waals surface area contributed by atoms with Gasteiger partial charge in [-0.05, 0) is 23.6 Å². The van der Waals surface area contributed by atoms with Crippen molar-refractivity contribution >= 4 is 21.9 Å². The van der Waals surface area contributed by atoms with Crippen LogP contribution in [0.15, 0.2) is 76.4 Å². The van der Waals surface area contributed by atoms with Crippen molar-refractivity contribution in [3.05, 3.63) is 93.3 Å². The summed E-state index contributed by atoms with van der Waals surface area (Å²) in [6, 6.07) is 19.7. The highest BCUT2D eigenvalue weighted by atomic mass is 16.2. The first kappa shape index (κ1) is 20.9. The normalized spacial score (nSPS) is 11.6. The summed E-state index contributed by atoms with van der Waals surface area (Å²) in [5.74, 6) is 0.220. The summed E-state index contributed by atoms with van der Waals surface area (Å²) in [6.07, 6.45) is 1.79. The Bertz CT molecular complexity index is 1590. The molecule has 2 aromatic carbocycles. The third kappa shape index (κ3) is 3.55. The van der Waals surface area contributed by atoms with Crippen molar-refractivity contribution in [2.75, 3.05) is 0 Å². The molecule has 3 aromatic heterocycles. The minimum absolute atomic E-state index is 0.220. The molecule has 0 aliphatic carbocycles. The van der Waals surface area contributed by atoms with Gasteiger partial charge in [-0.1, -0.05) is 62.4 Å². The molecule has 0 radical (unpaired) electrons. The topological polar surface area (TPSA) is 74.7 Å². The van der Waals surface area contributed by atoms with E-state index in [4.69, 9.17) is 5.10 Å². The van der Waals surface area contributed by atoms with Crippen molar-refractivity contribution in [1.29, 1.82) is 0 Å². The molecule has 0 spiro atoms. The van der Waals surface area contributed by atoms with E-state index in [2.05, 4.69) is 4.98 Å². The van der Waals surface area contributed by atoms with Gasteiger partial charge in [0.25, 0.3) is 5.56 Å². The summed E-state index contributed by atoms with van der Waals surface area (Å²) >= 11 is 0. The van der Waals surface area contributed by atoms with E-state index in [1.54, 1.807) is 10.8 Å². The second kappa shape index (κ2) is 8.16. The summed E-state index contributed by atoms with van der Waals surface area (Å²) in [5, 5.41) is 6.35. The molecule has 5 aromatic rings. The number of nitrogens with zero attached hydrogens (tertiary/aromatic N) is 5. The van der Waals surface area contributed by atoms with Crippen molar-refractivity contribution in [3.8, 4) is 11.3 Å². The van der Waals surface area contributed by atoms with Crippen LogP contribution in [-0.2, 0) is 20.1 Å². The molecular formula is C26H25N5O2. The first-order valence-electron chi connectivity index (χ1n) is 11.0. The Morgan fingerprint density at radius 2 is 1.67 bits per heavy atom. The Kier molecular flexibility index (Phi) is 5.17. The van der Waals surface area contributed by atoms with Gasteiger partial charge >= 0.3 is 5.69 Å². The number of fused-ring (bicyclic) bond motifs is 2. The number of rotatable bonds is 5. The van der Waals surface area contributed by atoms with Gasteiger partial charge < -0.3 is 0 Å². The van der Waals surface area contributed by atoms with Crippen LogP contribution in [0.1, 0.15) is 19.4 Å². The minimum Gasteiger partial charge on any atom is -0.276 e. The van der Waals surface area contributed by atoms with Crippen LogP contribution in [0.5, 0.6) is 0 Å². The smallest absolute Gasteiger partial charge is 0.276 e. The molecule has 7 heteroatoms. The van der Waals surface area contributed by atoms with Crippen LogP contribution in [-0.4, -0.2) is 23.9 Å². The molecule has 33 heavy (non-hydrogen) atoms. The summed E-state index contributed by atoms with van der Waals surface area (Å²) in [5.41, 5.74) is 3.28. The highest BCUT2D eigenvalue weighted by Gasteiger charge is 2.23. The number of hydrogen-bond acceptors (Lipinski definition) is 4. The first-order valence-corrected chi connectivity index (χ1v) is 11.0. The van der Waals surface area contributed by atoms with E-state index < -0.39 is 0 Å². The van der Waals surface area contributed by atoms with E-state index in [0.29, 0.717) is 29.8 Å². The highest BCUT2D eigenvalue weighted by Crippen LogP contribution is 2.28. The van der Waals surface area contributed by atoms with Crippen molar-refractivity contribution in [1.82, 2.24) is 23.9 Å². The molecule has 5 rings (SSSR count). The summed E-state index contributed by atoms with van der Waals surface area (Å²) < 4.78 is 4.65. The Hall–Kier alpha value is -4.00. The average Bonchev–Trinajstić information content (AvgIpc) is 3.20. The summed E-state index contributed by atoms with van der Waals surface area (Å²) in [6.45, 7) is 5.01. The maximum absolute atomic E-state index is 13.3. The lowest BCUT2D eigenvalue weighted by Crippen LogP contribution is -2.38. The third-order valence-corrected chi connectivity index (χ3v) is 5.88. The fourth-order valence-corrected chi connectivity index (χ4v) is 4.35. The molecule has 166 valence electrons. The van der Waals surface area contributed by atoms with Crippen LogP contribution < -0.4 is 11.2 Å². The molecule has 0 aliphatic heterocycles. The van der Waals surface area contributed by atoms with E-state index in [1.165, 1.54) is 11.6 Å². The van der Waals surface area contributed by atoms with Crippen LogP contribution in [0.25, 0.3) is 33.2 Å². The zero-order valence-corrected chi connectivity index (χ0v) is 18.9. The summed E-state index contributed by atoms with van der Waals surface area (Å²) in [4.78, 5) is 30.8. The molecule has 0 saturated carbocycles. The van der Waals surface area contributed by atoms with Crippen LogP contribution in [0.2, 0.25) is 0 Å². The Labute approximate surface area is 190 Å². The van der Waals surface area contributed by atoms with Gasteiger partial charge in [-0.2, -0.15) is 5.10 Å². The number of benzene rings is 2. The maximum atomic E-state index is 13.3. The van der Waals surface area contributed by atoms with E-state index in [-0.39, 0.29) is 17.2 Å². The van der Waals surface area contributed by atoms with Crippen LogP contribution in [0.3, 0.4) is 0 Å². The van der Waals surface area contributed by atoms with Gasteiger partial charge in [-0.15, -0.1) is 0 Å². The lowest BCUT2D eigenvalue weighted by Gasteiger charge is -2.11. The van der Waals surface area contributed by atoms with E-state index in [1.807, 2.05) is 79.2 Å². The van der Waals surface area contributed by atoms with Gasteiger partial charge in [0, 0.05) is 30.7 Å².